The normalized spacial score (nSPS) is 12.5. The highest BCUT2D eigenvalue weighted by Crippen LogP contribution is 2.39. The van der Waals surface area contributed by atoms with Crippen molar-refractivity contribution >= 4 is 46.0 Å². The summed E-state index contributed by atoms with van der Waals surface area (Å²) >= 11 is 1.29. The number of anilines is 2. The van der Waals surface area contributed by atoms with Crippen LogP contribution in [0.3, 0.4) is 0 Å². The van der Waals surface area contributed by atoms with Crippen LogP contribution in [-0.4, -0.2) is 48.8 Å². The number of rotatable bonds is 8. The SMILES string of the molecule is CCOC(=O)c1c(NC(=O)C(=O)N/N=C/c2ccc(N(CC)CC)cc2O)sc2c1CCC2. The third kappa shape index (κ3) is 5.51. The molecule has 0 radical (unpaired) electrons. The van der Waals surface area contributed by atoms with E-state index in [0.717, 1.165) is 48.5 Å². The van der Waals surface area contributed by atoms with Crippen molar-refractivity contribution in [2.75, 3.05) is 29.9 Å². The van der Waals surface area contributed by atoms with Gasteiger partial charge in [-0.3, -0.25) is 9.59 Å². The molecule has 1 aromatic heterocycles. The number of nitrogens with one attached hydrogen (secondary N) is 2. The Balaban J connectivity index is 1.65. The largest absolute Gasteiger partial charge is 0.507 e. The fourth-order valence-electron chi connectivity index (χ4n) is 3.71. The van der Waals surface area contributed by atoms with Gasteiger partial charge in [0, 0.05) is 35.3 Å². The molecule has 0 spiro atoms. The molecule has 3 N–H and O–H groups in total. The average molecular weight is 473 g/mol. The van der Waals surface area contributed by atoms with Gasteiger partial charge >= 0.3 is 17.8 Å². The number of nitrogens with zero attached hydrogens (tertiary/aromatic N) is 2. The van der Waals surface area contributed by atoms with E-state index in [1.807, 2.05) is 19.9 Å². The minimum atomic E-state index is -0.992. The molecule has 9 nitrogen and oxygen atoms in total. The maximum atomic E-state index is 12.4. The number of phenolic OH excluding ortho intramolecular Hbond substituents is 1. The molecule has 2 amide bonds. The van der Waals surface area contributed by atoms with Crippen LogP contribution in [0, 0.1) is 0 Å². The fourth-order valence-corrected chi connectivity index (χ4v) is 4.98. The first-order valence-corrected chi connectivity index (χ1v) is 11.7. The van der Waals surface area contributed by atoms with Gasteiger partial charge in [0.05, 0.1) is 18.4 Å². The highest BCUT2D eigenvalue weighted by Gasteiger charge is 2.29. The smallest absolute Gasteiger partial charge is 0.341 e. The maximum absolute atomic E-state index is 12.4. The van der Waals surface area contributed by atoms with Crippen LogP contribution in [0.4, 0.5) is 10.7 Å². The molecule has 0 bridgehead atoms. The van der Waals surface area contributed by atoms with Crippen molar-refractivity contribution < 1.29 is 24.2 Å². The number of aromatic hydroxyl groups is 1. The number of fused-ring (bicyclic) bond motifs is 1. The van der Waals surface area contributed by atoms with Crippen LogP contribution < -0.4 is 15.6 Å². The van der Waals surface area contributed by atoms with Gasteiger partial charge in [-0.2, -0.15) is 5.10 Å². The van der Waals surface area contributed by atoms with Crippen LogP contribution in [0.1, 0.15) is 53.6 Å². The Morgan fingerprint density at radius 2 is 1.94 bits per heavy atom. The van der Waals surface area contributed by atoms with E-state index in [0.29, 0.717) is 16.1 Å². The molecule has 10 heteroatoms. The van der Waals surface area contributed by atoms with Crippen LogP contribution in [-0.2, 0) is 27.2 Å². The molecule has 0 aliphatic heterocycles. The number of esters is 1. The van der Waals surface area contributed by atoms with E-state index in [1.165, 1.54) is 17.6 Å². The van der Waals surface area contributed by atoms with Gasteiger partial charge in [-0.15, -0.1) is 11.3 Å². The fraction of sp³-hybridized carbons (Fsp3) is 0.391. The van der Waals surface area contributed by atoms with Crippen LogP contribution in [0.15, 0.2) is 23.3 Å². The van der Waals surface area contributed by atoms with E-state index in [2.05, 4.69) is 20.7 Å². The van der Waals surface area contributed by atoms with Gasteiger partial charge < -0.3 is 20.1 Å². The Morgan fingerprint density at radius 3 is 2.61 bits per heavy atom. The van der Waals surface area contributed by atoms with Crippen molar-refractivity contribution in [3.05, 3.63) is 39.8 Å². The molecule has 0 saturated heterocycles. The summed E-state index contributed by atoms with van der Waals surface area (Å²) in [4.78, 5) is 40.1. The molecule has 1 aliphatic rings. The van der Waals surface area contributed by atoms with Gasteiger partial charge in [-0.05, 0) is 57.7 Å². The van der Waals surface area contributed by atoms with E-state index < -0.39 is 17.8 Å². The molecule has 176 valence electrons. The summed E-state index contributed by atoms with van der Waals surface area (Å²) in [6, 6.07) is 5.14. The van der Waals surface area contributed by atoms with E-state index in [9.17, 15) is 19.5 Å². The number of phenols is 1. The van der Waals surface area contributed by atoms with Gasteiger partial charge in [0.15, 0.2) is 0 Å². The molecule has 33 heavy (non-hydrogen) atoms. The average Bonchev–Trinajstić information content (AvgIpc) is 3.36. The number of thiophene rings is 1. The summed E-state index contributed by atoms with van der Waals surface area (Å²) < 4.78 is 5.12. The first-order valence-electron chi connectivity index (χ1n) is 10.9. The molecule has 2 aromatic rings. The molecular weight excluding hydrogens is 444 g/mol. The van der Waals surface area contributed by atoms with E-state index in [-0.39, 0.29) is 12.4 Å². The topological polar surface area (TPSA) is 120 Å². The highest BCUT2D eigenvalue weighted by atomic mass is 32.1. The molecule has 1 heterocycles. The molecule has 0 fully saturated rings. The van der Waals surface area contributed by atoms with Crippen molar-refractivity contribution in [2.45, 2.75) is 40.0 Å². The van der Waals surface area contributed by atoms with Crippen molar-refractivity contribution in [1.29, 1.82) is 0 Å². The van der Waals surface area contributed by atoms with Crippen molar-refractivity contribution in [1.82, 2.24) is 5.43 Å². The summed E-state index contributed by atoms with van der Waals surface area (Å²) in [5.41, 5.74) is 4.63. The monoisotopic (exact) mass is 472 g/mol. The molecular formula is C23H28N4O5S. The lowest BCUT2D eigenvalue weighted by atomic mass is 10.1. The van der Waals surface area contributed by atoms with Gasteiger partial charge in [0.2, 0.25) is 0 Å². The molecule has 1 aromatic carbocycles. The van der Waals surface area contributed by atoms with Crippen LogP contribution in [0.5, 0.6) is 5.75 Å². The number of hydrogen-bond acceptors (Lipinski definition) is 8. The second kappa shape index (κ2) is 11.0. The van der Waals surface area contributed by atoms with Gasteiger partial charge in [0.1, 0.15) is 10.8 Å². The highest BCUT2D eigenvalue weighted by molar-refractivity contribution is 7.17. The Kier molecular flexibility index (Phi) is 8.05. The lowest BCUT2D eigenvalue weighted by Gasteiger charge is -2.21. The summed E-state index contributed by atoms with van der Waals surface area (Å²) in [5, 5.41) is 16.8. The third-order valence-corrected chi connectivity index (χ3v) is 6.55. The third-order valence-electron chi connectivity index (χ3n) is 5.35. The summed E-state index contributed by atoms with van der Waals surface area (Å²) in [6.45, 7) is 7.59. The van der Waals surface area contributed by atoms with Crippen molar-refractivity contribution in [2.24, 2.45) is 5.10 Å². The molecule has 0 saturated carbocycles. The minimum absolute atomic E-state index is 0.00836. The predicted octanol–water partition coefficient (Wildman–Crippen LogP) is 3.05. The van der Waals surface area contributed by atoms with Crippen LogP contribution in [0.25, 0.3) is 0 Å². The summed E-state index contributed by atoms with van der Waals surface area (Å²) in [7, 11) is 0. The second-order valence-electron chi connectivity index (χ2n) is 7.35. The maximum Gasteiger partial charge on any atom is 0.341 e. The van der Waals surface area contributed by atoms with E-state index in [1.54, 1.807) is 19.1 Å². The van der Waals surface area contributed by atoms with Gasteiger partial charge in [0.25, 0.3) is 0 Å². The molecule has 1 aliphatic carbocycles. The van der Waals surface area contributed by atoms with Crippen LogP contribution in [0.2, 0.25) is 0 Å². The summed E-state index contributed by atoms with van der Waals surface area (Å²) in [6.07, 6.45) is 3.77. The number of carbonyl (C=O) groups excluding carboxylic acids is 3. The number of aryl methyl sites for hydroxylation is 1. The summed E-state index contributed by atoms with van der Waals surface area (Å²) in [5.74, 6) is -2.43. The molecule has 3 rings (SSSR count). The predicted molar refractivity (Wildman–Crippen MR) is 128 cm³/mol. The Hall–Kier alpha value is -3.40. The zero-order valence-corrected chi connectivity index (χ0v) is 19.8. The Labute approximate surface area is 196 Å². The number of hydrogen-bond donors (Lipinski definition) is 3. The standard InChI is InChI=1S/C23H28N4O5S/c1-4-27(5-2)15-11-10-14(17(28)12-15)13-24-26-21(30)20(29)25-22-19(23(31)32-6-3)16-8-7-9-18(16)33-22/h10-13,28H,4-9H2,1-3H3,(H,25,29)(H,26,30)/b24-13+. The first kappa shape index (κ1) is 24.2. The number of benzene rings is 1. The lowest BCUT2D eigenvalue weighted by Crippen LogP contribution is -2.32. The quantitative estimate of drug-likeness (QED) is 0.235. The Bertz CT molecular complexity index is 1080. The van der Waals surface area contributed by atoms with E-state index >= 15 is 0 Å². The second-order valence-corrected chi connectivity index (χ2v) is 8.46. The van der Waals surface area contributed by atoms with Crippen molar-refractivity contribution in [3.63, 3.8) is 0 Å². The number of ether oxygens (including phenoxy) is 1. The van der Waals surface area contributed by atoms with Gasteiger partial charge in [-0.1, -0.05) is 0 Å². The molecule has 0 atom stereocenters. The molecule has 0 unspecified atom stereocenters. The Morgan fingerprint density at radius 1 is 1.18 bits per heavy atom. The zero-order valence-electron chi connectivity index (χ0n) is 18.9. The van der Waals surface area contributed by atoms with Gasteiger partial charge in [-0.25, -0.2) is 10.2 Å². The minimum Gasteiger partial charge on any atom is -0.507 e. The number of carbonyl (C=O) groups is 3. The van der Waals surface area contributed by atoms with Crippen LogP contribution >= 0.6 is 11.3 Å². The first-order chi connectivity index (χ1) is 15.9. The number of amides is 2. The zero-order chi connectivity index (χ0) is 24.0. The van der Waals surface area contributed by atoms with E-state index in [4.69, 9.17) is 4.74 Å². The number of hydrazone groups is 1. The van der Waals surface area contributed by atoms with Crippen molar-refractivity contribution in [3.8, 4) is 5.75 Å². The lowest BCUT2D eigenvalue weighted by molar-refractivity contribution is -0.136.